The summed E-state index contributed by atoms with van der Waals surface area (Å²) in [5.41, 5.74) is 13.9. The number of hydrogen-bond donors (Lipinski definition) is 3. The van der Waals surface area contributed by atoms with Crippen molar-refractivity contribution >= 4 is 40.8 Å². The maximum atomic E-state index is 12.9. The molecule has 4 aromatic rings. The summed E-state index contributed by atoms with van der Waals surface area (Å²) in [4.78, 5) is 14.0. The van der Waals surface area contributed by atoms with E-state index in [-0.39, 0.29) is 17.3 Å². The Hall–Kier alpha value is -3.83. The molecule has 0 atom stereocenters. The largest absolute Gasteiger partial charge is 0.378 e. The van der Waals surface area contributed by atoms with E-state index in [1.807, 2.05) is 37.3 Å². The number of nitrogens with zero attached hydrogens (tertiary/aromatic N) is 5. The Bertz CT molecular complexity index is 1300. The van der Waals surface area contributed by atoms with Gasteiger partial charge in [0.25, 0.3) is 5.91 Å². The van der Waals surface area contributed by atoms with Gasteiger partial charge in [0.1, 0.15) is 0 Å². The SMILES string of the molecule is C=C(NNC(=O)c1nnn(-c2nonc2N)c1CSc1ccc(C)cc1)c1ccccc1Cl. The van der Waals surface area contributed by atoms with Crippen LogP contribution in [0.4, 0.5) is 5.82 Å². The van der Waals surface area contributed by atoms with Crippen LogP contribution in [0.2, 0.25) is 5.02 Å². The molecule has 2 heterocycles. The van der Waals surface area contributed by atoms with Crippen molar-refractivity contribution in [3.8, 4) is 5.82 Å². The quantitative estimate of drug-likeness (QED) is 0.255. The Morgan fingerprint density at radius 2 is 1.94 bits per heavy atom. The lowest BCUT2D eigenvalue weighted by atomic mass is 10.2. The molecule has 0 fully saturated rings. The van der Waals surface area contributed by atoms with Crippen molar-refractivity contribution in [2.24, 2.45) is 0 Å². The van der Waals surface area contributed by atoms with E-state index in [9.17, 15) is 4.79 Å². The molecule has 0 unspecified atom stereocenters. The molecule has 33 heavy (non-hydrogen) atoms. The molecule has 0 bridgehead atoms. The van der Waals surface area contributed by atoms with Gasteiger partial charge in [0.15, 0.2) is 5.69 Å². The number of carbonyl (C=O) groups excluding carboxylic acids is 1. The summed E-state index contributed by atoms with van der Waals surface area (Å²) in [7, 11) is 0. The van der Waals surface area contributed by atoms with E-state index >= 15 is 0 Å². The number of nitrogen functional groups attached to an aromatic ring is 1. The number of hydrazine groups is 1. The van der Waals surface area contributed by atoms with Gasteiger partial charge in [-0.15, -0.1) is 16.9 Å². The third-order valence-corrected chi connectivity index (χ3v) is 5.95. The van der Waals surface area contributed by atoms with Crippen molar-refractivity contribution < 1.29 is 9.42 Å². The first-order valence-electron chi connectivity index (χ1n) is 9.66. The Morgan fingerprint density at radius 3 is 2.64 bits per heavy atom. The van der Waals surface area contributed by atoms with Gasteiger partial charge in [-0.05, 0) is 35.4 Å². The minimum Gasteiger partial charge on any atom is -0.378 e. The Labute approximate surface area is 198 Å². The van der Waals surface area contributed by atoms with Gasteiger partial charge < -0.3 is 5.73 Å². The molecule has 0 aliphatic heterocycles. The molecule has 4 N–H and O–H groups in total. The first-order valence-corrected chi connectivity index (χ1v) is 11.0. The monoisotopic (exact) mass is 482 g/mol. The third-order valence-electron chi connectivity index (χ3n) is 4.60. The zero-order chi connectivity index (χ0) is 23.4. The van der Waals surface area contributed by atoms with Crippen molar-refractivity contribution in [2.45, 2.75) is 17.6 Å². The summed E-state index contributed by atoms with van der Waals surface area (Å²) >= 11 is 7.69. The first-order chi connectivity index (χ1) is 15.9. The van der Waals surface area contributed by atoms with Gasteiger partial charge in [-0.2, -0.15) is 4.68 Å². The Kier molecular flexibility index (Phi) is 6.61. The van der Waals surface area contributed by atoms with Crippen molar-refractivity contribution in [1.82, 2.24) is 36.2 Å². The summed E-state index contributed by atoms with van der Waals surface area (Å²) in [6.45, 7) is 5.93. The lowest BCUT2D eigenvalue weighted by Crippen LogP contribution is -2.36. The molecule has 2 aromatic carbocycles. The molecule has 0 spiro atoms. The van der Waals surface area contributed by atoms with Crippen LogP contribution in [0.15, 0.2) is 64.6 Å². The summed E-state index contributed by atoms with van der Waals surface area (Å²) in [6.07, 6.45) is 0. The molecular formula is C21H19ClN8O2S. The fourth-order valence-electron chi connectivity index (χ4n) is 2.87. The number of rotatable bonds is 8. The number of anilines is 1. The number of halogens is 1. The predicted octanol–water partition coefficient (Wildman–Crippen LogP) is 3.39. The summed E-state index contributed by atoms with van der Waals surface area (Å²) in [6, 6.07) is 15.1. The van der Waals surface area contributed by atoms with Crippen LogP contribution in [0.1, 0.15) is 27.3 Å². The maximum absolute atomic E-state index is 12.9. The molecule has 168 valence electrons. The summed E-state index contributed by atoms with van der Waals surface area (Å²) in [5, 5.41) is 15.9. The van der Waals surface area contributed by atoms with E-state index in [1.54, 1.807) is 18.2 Å². The lowest BCUT2D eigenvalue weighted by Gasteiger charge is -2.12. The van der Waals surface area contributed by atoms with Crippen LogP contribution in [0.25, 0.3) is 11.5 Å². The van der Waals surface area contributed by atoms with Gasteiger partial charge in [-0.25, -0.2) is 4.63 Å². The normalized spacial score (nSPS) is 10.7. The van der Waals surface area contributed by atoms with Crippen LogP contribution in [-0.4, -0.2) is 31.2 Å². The number of thioether (sulfide) groups is 1. The third kappa shape index (κ3) is 4.99. The minimum atomic E-state index is -0.524. The average Bonchev–Trinajstić information content (AvgIpc) is 3.42. The van der Waals surface area contributed by atoms with Crippen LogP contribution >= 0.6 is 23.4 Å². The summed E-state index contributed by atoms with van der Waals surface area (Å²) < 4.78 is 6.02. The number of aryl methyl sites for hydroxylation is 1. The number of benzene rings is 2. The highest BCUT2D eigenvalue weighted by Crippen LogP contribution is 2.26. The topological polar surface area (TPSA) is 137 Å². The van der Waals surface area contributed by atoms with Gasteiger partial charge in [-0.1, -0.05) is 59.3 Å². The van der Waals surface area contributed by atoms with Crippen LogP contribution in [-0.2, 0) is 5.75 Å². The van der Waals surface area contributed by atoms with E-state index < -0.39 is 5.91 Å². The number of aromatic nitrogens is 5. The molecule has 0 saturated carbocycles. The van der Waals surface area contributed by atoms with Gasteiger partial charge in [0.2, 0.25) is 11.6 Å². The van der Waals surface area contributed by atoms with E-state index in [1.165, 1.54) is 16.4 Å². The lowest BCUT2D eigenvalue weighted by molar-refractivity contribution is 0.0936. The molecule has 0 aliphatic rings. The zero-order valence-corrected chi connectivity index (χ0v) is 19.0. The molecule has 0 radical (unpaired) electrons. The van der Waals surface area contributed by atoms with E-state index in [0.717, 1.165) is 10.5 Å². The Balaban J connectivity index is 1.56. The smallest absolute Gasteiger partial charge is 0.292 e. The second kappa shape index (κ2) is 9.76. The summed E-state index contributed by atoms with van der Waals surface area (Å²) in [5.74, 6) is 0.00785. The fraction of sp³-hybridized carbons (Fsp3) is 0.0952. The van der Waals surface area contributed by atoms with Crippen molar-refractivity contribution in [2.75, 3.05) is 5.73 Å². The van der Waals surface area contributed by atoms with Crippen LogP contribution in [0, 0.1) is 6.92 Å². The molecule has 2 aromatic heterocycles. The highest BCUT2D eigenvalue weighted by Gasteiger charge is 2.24. The van der Waals surface area contributed by atoms with Gasteiger partial charge in [-0.3, -0.25) is 15.6 Å². The average molecular weight is 483 g/mol. The molecule has 0 aliphatic carbocycles. The highest BCUT2D eigenvalue weighted by atomic mass is 35.5. The second-order valence-electron chi connectivity index (χ2n) is 6.91. The van der Waals surface area contributed by atoms with Gasteiger partial charge in [0, 0.05) is 21.2 Å². The molecular weight excluding hydrogens is 464 g/mol. The van der Waals surface area contributed by atoms with Crippen LogP contribution < -0.4 is 16.6 Å². The minimum absolute atomic E-state index is 0.0265. The van der Waals surface area contributed by atoms with Crippen molar-refractivity contribution in [1.29, 1.82) is 0 Å². The van der Waals surface area contributed by atoms with Crippen LogP contribution in [0.5, 0.6) is 0 Å². The van der Waals surface area contributed by atoms with Crippen LogP contribution in [0.3, 0.4) is 0 Å². The first kappa shape index (κ1) is 22.4. The predicted molar refractivity (Wildman–Crippen MR) is 125 cm³/mol. The molecule has 0 saturated heterocycles. The number of amides is 1. The fourth-order valence-corrected chi connectivity index (χ4v) is 4.01. The molecule has 12 heteroatoms. The van der Waals surface area contributed by atoms with Gasteiger partial charge >= 0.3 is 0 Å². The van der Waals surface area contributed by atoms with Crippen molar-refractivity contribution in [3.05, 3.63) is 82.6 Å². The highest BCUT2D eigenvalue weighted by molar-refractivity contribution is 7.98. The molecule has 4 rings (SSSR count). The number of nitrogens with one attached hydrogen (secondary N) is 2. The number of carbonyl (C=O) groups is 1. The standard InChI is InChI=1S/C21H19ClN8O2S/c1-12-7-9-14(10-8-12)33-11-17-18(25-29-30(17)20-19(23)27-32-28-20)21(31)26-24-13(2)15-5-3-4-6-16(15)22/h3-10,24H,2,11H2,1H3,(H2,23,27)(H,26,31). The maximum Gasteiger partial charge on any atom is 0.292 e. The molecule has 10 nitrogen and oxygen atoms in total. The van der Waals surface area contributed by atoms with Crippen molar-refractivity contribution in [3.63, 3.8) is 0 Å². The Morgan fingerprint density at radius 1 is 1.18 bits per heavy atom. The number of nitrogens with two attached hydrogens (primary N) is 1. The molecule has 1 amide bonds. The van der Waals surface area contributed by atoms with E-state index in [0.29, 0.717) is 27.7 Å². The second-order valence-corrected chi connectivity index (χ2v) is 8.36. The van der Waals surface area contributed by atoms with Gasteiger partial charge in [0.05, 0.1) is 11.4 Å². The zero-order valence-electron chi connectivity index (χ0n) is 17.4. The van der Waals surface area contributed by atoms with E-state index in [4.69, 9.17) is 17.3 Å². The number of hydrogen-bond acceptors (Lipinski definition) is 9. The van der Waals surface area contributed by atoms with E-state index in [2.05, 4.69) is 42.7 Å².